The lowest BCUT2D eigenvalue weighted by atomic mass is 10.1. The first kappa shape index (κ1) is 13.1. The van der Waals surface area contributed by atoms with Crippen LogP contribution in [-0.2, 0) is 9.84 Å². The highest BCUT2D eigenvalue weighted by Gasteiger charge is 2.10. The normalized spacial score (nSPS) is 11.9. The van der Waals surface area contributed by atoms with Gasteiger partial charge in [-0.05, 0) is 41.4 Å². The number of nitrogens with zero attached hydrogens (tertiary/aromatic N) is 3. The number of pyridine rings is 1. The van der Waals surface area contributed by atoms with Gasteiger partial charge in [-0.3, -0.25) is 0 Å². The fourth-order valence-electron chi connectivity index (χ4n) is 1.99. The molecule has 7 heteroatoms. The number of hydrogen-bond donors (Lipinski definition) is 0. The van der Waals surface area contributed by atoms with Crippen molar-refractivity contribution in [2.45, 2.75) is 4.90 Å². The highest BCUT2D eigenvalue weighted by Crippen LogP contribution is 2.25. The molecule has 2 aromatic heterocycles. The van der Waals surface area contributed by atoms with Crippen LogP contribution in [0, 0.1) is 0 Å². The minimum absolute atomic E-state index is 0.171. The van der Waals surface area contributed by atoms with E-state index in [0.29, 0.717) is 5.65 Å². The van der Waals surface area contributed by atoms with Crippen LogP contribution in [0.1, 0.15) is 0 Å². The van der Waals surface area contributed by atoms with Crippen molar-refractivity contribution in [2.24, 2.45) is 0 Å². The minimum atomic E-state index is -3.19. The van der Waals surface area contributed by atoms with Crippen molar-refractivity contribution in [1.82, 2.24) is 14.6 Å². The molecule has 0 saturated carbocycles. The van der Waals surface area contributed by atoms with Gasteiger partial charge in [-0.25, -0.2) is 12.9 Å². The van der Waals surface area contributed by atoms with E-state index in [0.717, 1.165) is 11.1 Å². The Morgan fingerprint density at radius 2 is 1.85 bits per heavy atom. The van der Waals surface area contributed by atoms with Gasteiger partial charge in [-0.15, -0.1) is 5.10 Å². The Kier molecular flexibility index (Phi) is 2.99. The fourth-order valence-corrected chi connectivity index (χ4v) is 2.78. The van der Waals surface area contributed by atoms with Gasteiger partial charge in [0.05, 0.1) is 4.90 Å². The Hall–Kier alpha value is -1.92. The Labute approximate surface area is 120 Å². The Bertz CT molecular complexity index is 886. The molecule has 0 bridgehead atoms. The van der Waals surface area contributed by atoms with E-state index in [1.807, 2.05) is 12.1 Å². The number of sulfone groups is 1. The molecule has 0 aliphatic carbocycles. The van der Waals surface area contributed by atoms with Gasteiger partial charge >= 0.3 is 0 Å². The summed E-state index contributed by atoms with van der Waals surface area (Å²) in [6.07, 6.45) is 2.93. The first-order valence-corrected chi connectivity index (χ1v) is 8.03. The topological polar surface area (TPSA) is 64.3 Å². The highest BCUT2D eigenvalue weighted by atomic mass is 35.5. The second-order valence-corrected chi connectivity index (χ2v) is 6.72. The molecule has 0 radical (unpaired) electrons. The number of halogens is 1. The Balaban J connectivity index is 2.16. The molecule has 2 heterocycles. The summed E-state index contributed by atoms with van der Waals surface area (Å²) in [6.45, 7) is 0. The minimum Gasteiger partial charge on any atom is -0.224 e. The van der Waals surface area contributed by atoms with Gasteiger partial charge in [0.2, 0.25) is 5.28 Å². The summed E-state index contributed by atoms with van der Waals surface area (Å²) in [5.41, 5.74) is 2.32. The average molecular weight is 308 g/mol. The van der Waals surface area contributed by atoms with Crippen molar-refractivity contribution in [3.63, 3.8) is 0 Å². The van der Waals surface area contributed by atoms with Gasteiger partial charge in [-0.1, -0.05) is 12.1 Å². The number of benzene rings is 1. The zero-order valence-electron chi connectivity index (χ0n) is 10.5. The van der Waals surface area contributed by atoms with Crippen molar-refractivity contribution < 1.29 is 8.42 Å². The zero-order chi connectivity index (χ0) is 14.3. The Morgan fingerprint density at radius 1 is 1.15 bits per heavy atom. The quantitative estimate of drug-likeness (QED) is 0.729. The lowest BCUT2D eigenvalue weighted by molar-refractivity contribution is 0.602. The molecule has 20 heavy (non-hydrogen) atoms. The molecule has 0 N–H and O–H groups in total. The monoisotopic (exact) mass is 307 g/mol. The summed E-state index contributed by atoms with van der Waals surface area (Å²) in [4.78, 5) is 4.44. The third-order valence-electron chi connectivity index (χ3n) is 2.93. The molecule has 3 aromatic rings. The fraction of sp³-hybridized carbons (Fsp3) is 0.0769. The molecule has 0 unspecified atom stereocenters. The molecule has 0 amide bonds. The second-order valence-electron chi connectivity index (χ2n) is 4.37. The van der Waals surface area contributed by atoms with Crippen LogP contribution in [0.25, 0.3) is 16.8 Å². The molecule has 0 aliphatic rings. The van der Waals surface area contributed by atoms with E-state index < -0.39 is 9.84 Å². The summed E-state index contributed by atoms with van der Waals surface area (Å²) in [5, 5.41) is 4.20. The van der Waals surface area contributed by atoms with Crippen molar-refractivity contribution >= 4 is 27.1 Å². The van der Waals surface area contributed by atoms with Crippen molar-refractivity contribution in [3.8, 4) is 11.1 Å². The molecular formula is C13H10ClN3O2S. The van der Waals surface area contributed by atoms with Crippen LogP contribution >= 0.6 is 11.6 Å². The maximum atomic E-state index is 11.5. The van der Waals surface area contributed by atoms with Crippen LogP contribution in [0.15, 0.2) is 47.5 Å². The second kappa shape index (κ2) is 4.57. The van der Waals surface area contributed by atoms with E-state index in [9.17, 15) is 8.42 Å². The third-order valence-corrected chi connectivity index (χ3v) is 4.22. The van der Waals surface area contributed by atoms with Gasteiger partial charge in [0.1, 0.15) is 0 Å². The molecule has 0 fully saturated rings. The summed E-state index contributed by atoms with van der Waals surface area (Å²) < 4.78 is 24.5. The van der Waals surface area contributed by atoms with Crippen LogP contribution < -0.4 is 0 Å². The van der Waals surface area contributed by atoms with Crippen LogP contribution in [0.4, 0.5) is 0 Å². The van der Waals surface area contributed by atoms with E-state index in [1.54, 1.807) is 35.0 Å². The van der Waals surface area contributed by atoms with Crippen molar-refractivity contribution in [1.29, 1.82) is 0 Å². The molecule has 102 valence electrons. The van der Waals surface area contributed by atoms with Crippen molar-refractivity contribution in [3.05, 3.63) is 47.9 Å². The van der Waals surface area contributed by atoms with Crippen LogP contribution in [0.2, 0.25) is 5.28 Å². The van der Waals surface area contributed by atoms with Gasteiger partial charge < -0.3 is 0 Å². The summed E-state index contributed by atoms with van der Waals surface area (Å²) >= 11 is 5.81. The summed E-state index contributed by atoms with van der Waals surface area (Å²) in [5.74, 6) is 0. The molecule has 0 atom stereocenters. The highest BCUT2D eigenvalue weighted by molar-refractivity contribution is 7.90. The Morgan fingerprint density at radius 3 is 2.50 bits per heavy atom. The maximum Gasteiger partial charge on any atom is 0.243 e. The van der Waals surface area contributed by atoms with Gasteiger partial charge in [0.15, 0.2) is 15.5 Å². The van der Waals surface area contributed by atoms with Gasteiger partial charge in [-0.2, -0.15) is 4.98 Å². The van der Waals surface area contributed by atoms with Crippen molar-refractivity contribution in [2.75, 3.05) is 6.26 Å². The lowest BCUT2D eigenvalue weighted by Crippen LogP contribution is -1.96. The molecule has 5 nitrogen and oxygen atoms in total. The molecular weight excluding hydrogens is 298 g/mol. The number of fused-ring (bicyclic) bond motifs is 1. The van der Waals surface area contributed by atoms with E-state index in [-0.39, 0.29) is 10.2 Å². The standard InChI is InChI=1S/C13H10ClN3O2S/c1-20(18,19)10-6-4-9(5-7-10)11-3-2-8-17-12(11)15-13(14)16-17/h2-8H,1H3. The SMILES string of the molecule is CS(=O)(=O)c1ccc(-c2cccn3nc(Cl)nc23)cc1. The average Bonchev–Trinajstić information content (AvgIpc) is 2.78. The molecule has 3 rings (SSSR count). The van der Waals surface area contributed by atoms with Gasteiger partial charge in [0, 0.05) is 18.0 Å². The van der Waals surface area contributed by atoms with Crippen LogP contribution in [0.3, 0.4) is 0 Å². The predicted molar refractivity (Wildman–Crippen MR) is 76.5 cm³/mol. The largest absolute Gasteiger partial charge is 0.243 e. The third kappa shape index (κ3) is 2.28. The summed E-state index contributed by atoms with van der Waals surface area (Å²) in [7, 11) is -3.19. The lowest BCUT2D eigenvalue weighted by Gasteiger charge is -2.04. The predicted octanol–water partition coefficient (Wildman–Crippen LogP) is 2.45. The molecule has 1 aromatic carbocycles. The zero-order valence-corrected chi connectivity index (χ0v) is 12.1. The molecule has 0 saturated heterocycles. The maximum absolute atomic E-state index is 11.5. The van der Waals surface area contributed by atoms with Gasteiger partial charge in [0.25, 0.3) is 0 Å². The molecule has 0 aliphatic heterocycles. The smallest absolute Gasteiger partial charge is 0.224 e. The van der Waals surface area contributed by atoms with Crippen LogP contribution in [0.5, 0.6) is 0 Å². The molecule has 0 spiro atoms. The number of rotatable bonds is 2. The number of hydrogen-bond acceptors (Lipinski definition) is 4. The van der Waals surface area contributed by atoms with E-state index >= 15 is 0 Å². The number of aromatic nitrogens is 3. The first-order valence-electron chi connectivity index (χ1n) is 5.76. The van der Waals surface area contributed by atoms with E-state index in [2.05, 4.69) is 10.1 Å². The summed E-state index contributed by atoms with van der Waals surface area (Å²) in [6, 6.07) is 10.4. The van der Waals surface area contributed by atoms with E-state index in [1.165, 1.54) is 6.26 Å². The van der Waals surface area contributed by atoms with E-state index in [4.69, 9.17) is 11.6 Å². The first-order chi connectivity index (χ1) is 9.45. The van der Waals surface area contributed by atoms with Crippen LogP contribution in [-0.4, -0.2) is 29.3 Å².